The topological polar surface area (TPSA) is 89.6 Å². The minimum atomic E-state index is -4.57. The molecule has 2 heterocycles. The number of halogens is 3. The van der Waals surface area contributed by atoms with Crippen LogP contribution in [0, 0.1) is 6.92 Å². The third-order valence-corrected chi connectivity index (χ3v) is 2.32. The summed E-state index contributed by atoms with van der Waals surface area (Å²) in [6, 6.07) is 0.790. The fraction of sp³-hybridized carbons (Fsp3) is 0.273. The predicted molar refractivity (Wildman–Crippen MR) is 65.5 cm³/mol. The Morgan fingerprint density at radius 1 is 1.20 bits per heavy atom. The van der Waals surface area contributed by atoms with Crippen molar-refractivity contribution in [1.29, 1.82) is 0 Å². The minimum Gasteiger partial charge on any atom is -0.368 e. The molecule has 0 bridgehead atoms. The Balaban J connectivity index is 2.13. The van der Waals surface area contributed by atoms with Gasteiger partial charge in [0.25, 0.3) is 0 Å². The number of nitrogens with one attached hydrogen (secondary N) is 1. The first kappa shape index (κ1) is 14.0. The number of nitrogens with zero attached hydrogens (tertiary/aromatic N) is 4. The lowest BCUT2D eigenvalue weighted by Crippen LogP contribution is -2.13. The third-order valence-electron chi connectivity index (χ3n) is 2.32. The Morgan fingerprint density at radius 2 is 1.95 bits per heavy atom. The number of aromatic nitrogens is 4. The zero-order chi connectivity index (χ0) is 14.8. The van der Waals surface area contributed by atoms with E-state index >= 15 is 0 Å². The van der Waals surface area contributed by atoms with Crippen molar-refractivity contribution in [2.45, 2.75) is 19.6 Å². The lowest BCUT2D eigenvalue weighted by Gasteiger charge is -2.10. The number of nitrogen functional groups attached to an aromatic ring is 1. The van der Waals surface area contributed by atoms with Crippen LogP contribution in [-0.2, 0) is 12.7 Å². The number of nitrogens with two attached hydrogens (primary N) is 1. The Kier molecular flexibility index (Phi) is 3.68. The molecule has 0 aliphatic heterocycles. The summed E-state index contributed by atoms with van der Waals surface area (Å²) < 4.78 is 37.7. The molecule has 2 aromatic rings. The summed E-state index contributed by atoms with van der Waals surface area (Å²) in [5, 5.41) is 2.70. The van der Waals surface area contributed by atoms with Crippen LogP contribution in [0.25, 0.3) is 0 Å². The van der Waals surface area contributed by atoms with Gasteiger partial charge in [-0.1, -0.05) is 0 Å². The average molecular weight is 284 g/mol. The van der Waals surface area contributed by atoms with Crippen LogP contribution in [0.1, 0.15) is 17.1 Å². The van der Waals surface area contributed by atoms with E-state index in [1.165, 1.54) is 6.20 Å². The van der Waals surface area contributed by atoms with Gasteiger partial charge in [0.05, 0.1) is 24.1 Å². The fourth-order valence-electron chi connectivity index (χ4n) is 1.39. The summed E-state index contributed by atoms with van der Waals surface area (Å²) in [4.78, 5) is 14.9. The molecule has 0 aliphatic carbocycles. The van der Waals surface area contributed by atoms with Crippen LogP contribution < -0.4 is 11.1 Å². The molecule has 0 fully saturated rings. The smallest absolute Gasteiger partial charge is 0.368 e. The number of hydrogen-bond donors (Lipinski definition) is 2. The van der Waals surface area contributed by atoms with E-state index in [9.17, 15) is 13.2 Å². The van der Waals surface area contributed by atoms with E-state index < -0.39 is 17.8 Å². The Hall–Kier alpha value is -2.45. The van der Waals surface area contributed by atoms with Crippen LogP contribution in [0.3, 0.4) is 0 Å². The Bertz CT molecular complexity index is 596. The Morgan fingerprint density at radius 3 is 2.55 bits per heavy atom. The summed E-state index contributed by atoms with van der Waals surface area (Å²) in [7, 11) is 0. The highest BCUT2D eigenvalue weighted by atomic mass is 19.4. The molecule has 9 heteroatoms. The van der Waals surface area contributed by atoms with Crippen LogP contribution in [0.2, 0.25) is 0 Å². The molecule has 0 aliphatic rings. The van der Waals surface area contributed by atoms with E-state index in [4.69, 9.17) is 5.73 Å². The number of rotatable bonds is 3. The quantitative estimate of drug-likeness (QED) is 0.893. The summed E-state index contributed by atoms with van der Waals surface area (Å²) in [5.41, 5.74) is 5.48. The summed E-state index contributed by atoms with van der Waals surface area (Å²) in [6.45, 7) is 1.96. The van der Waals surface area contributed by atoms with Gasteiger partial charge in [-0.3, -0.25) is 9.97 Å². The molecule has 0 saturated carbocycles. The van der Waals surface area contributed by atoms with Crippen molar-refractivity contribution in [2.24, 2.45) is 0 Å². The molecule has 3 N–H and O–H groups in total. The highest BCUT2D eigenvalue weighted by molar-refractivity contribution is 5.41. The van der Waals surface area contributed by atoms with Crippen molar-refractivity contribution >= 4 is 11.8 Å². The fourth-order valence-corrected chi connectivity index (χ4v) is 1.39. The normalized spacial score (nSPS) is 11.4. The maximum Gasteiger partial charge on any atom is 0.433 e. The van der Waals surface area contributed by atoms with Gasteiger partial charge in [0.2, 0.25) is 5.95 Å². The van der Waals surface area contributed by atoms with E-state index in [-0.39, 0.29) is 12.4 Å². The first-order valence-electron chi connectivity index (χ1n) is 5.58. The molecule has 2 aromatic heterocycles. The number of aryl methyl sites for hydroxylation is 1. The number of anilines is 2. The maximum atomic E-state index is 12.6. The van der Waals surface area contributed by atoms with Gasteiger partial charge in [0.1, 0.15) is 5.82 Å². The monoisotopic (exact) mass is 284 g/mol. The molecular formula is C11H11F3N6. The van der Waals surface area contributed by atoms with Crippen molar-refractivity contribution in [3.05, 3.63) is 35.5 Å². The van der Waals surface area contributed by atoms with Gasteiger partial charge in [-0.2, -0.15) is 18.2 Å². The van der Waals surface area contributed by atoms with E-state index in [1.807, 2.05) is 0 Å². The summed E-state index contributed by atoms with van der Waals surface area (Å²) >= 11 is 0. The molecule has 0 radical (unpaired) electrons. The molecule has 0 saturated heterocycles. The maximum absolute atomic E-state index is 12.6. The lowest BCUT2D eigenvalue weighted by atomic mass is 10.3. The van der Waals surface area contributed by atoms with Crippen LogP contribution >= 0.6 is 0 Å². The van der Waals surface area contributed by atoms with Crippen LogP contribution in [0.15, 0.2) is 18.5 Å². The predicted octanol–water partition coefficient (Wildman–Crippen LogP) is 1.79. The lowest BCUT2D eigenvalue weighted by molar-refractivity contribution is -0.141. The van der Waals surface area contributed by atoms with Crippen LogP contribution in [-0.4, -0.2) is 19.9 Å². The molecule has 6 nitrogen and oxygen atoms in total. The second-order valence-electron chi connectivity index (χ2n) is 4.00. The SMILES string of the molecule is Cc1cnc(CNc2cc(C(F)(F)F)nc(N)n2)cn1. The molecule has 0 amide bonds. The van der Waals surface area contributed by atoms with E-state index in [0.717, 1.165) is 11.8 Å². The highest BCUT2D eigenvalue weighted by Crippen LogP contribution is 2.29. The molecular weight excluding hydrogens is 273 g/mol. The second kappa shape index (κ2) is 5.27. The molecule has 0 atom stereocenters. The van der Waals surface area contributed by atoms with Crippen LogP contribution in [0.5, 0.6) is 0 Å². The average Bonchev–Trinajstić information content (AvgIpc) is 2.36. The number of hydrogen-bond acceptors (Lipinski definition) is 6. The largest absolute Gasteiger partial charge is 0.433 e. The van der Waals surface area contributed by atoms with Gasteiger partial charge >= 0.3 is 6.18 Å². The van der Waals surface area contributed by atoms with Gasteiger partial charge in [-0.25, -0.2) is 4.98 Å². The van der Waals surface area contributed by atoms with Crippen LogP contribution in [0.4, 0.5) is 24.9 Å². The highest BCUT2D eigenvalue weighted by Gasteiger charge is 2.33. The first-order chi connectivity index (χ1) is 9.34. The standard InChI is InChI=1S/C11H11F3N6/c1-6-3-17-7(4-16-6)5-18-9-2-8(11(12,13)14)19-10(15)20-9/h2-4H,5H2,1H3,(H3,15,18,19,20). The van der Waals surface area contributed by atoms with E-state index in [2.05, 4.69) is 25.3 Å². The second-order valence-corrected chi connectivity index (χ2v) is 4.00. The van der Waals surface area contributed by atoms with Crippen molar-refractivity contribution in [3.63, 3.8) is 0 Å². The van der Waals surface area contributed by atoms with Gasteiger partial charge in [0.15, 0.2) is 5.69 Å². The zero-order valence-corrected chi connectivity index (χ0v) is 10.4. The van der Waals surface area contributed by atoms with Gasteiger partial charge in [-0.05, 0) is 6.92 Å². The van der Waals surface area contributed by atoms with E-state index in [1.54, 1.807) is 13.1 Å². The van der Waals surface area contributed by atoms with Crippen molar-refractivity contribution in [1.82, 2.24) is 19.9 Å². The van der Waals surface area contributed by atoms with Gasteiger partial charge < -0.3 is 11.1 Å². The van der Waals surface area contributed by atoms with Gasteiger partial charge in [-0.15, -0.1) is 0 Å². The van der Waals surface area contributed by atoms with Gasteiger partial charge in [0, 0.05) is 12.3 Å². The molecule has 0 aromatic carbocycles. The third kappa shape index (κ3) is 3.53. The number of alkyl halides is 3. The van der Waals surface area contributed by atoms with Crippen molar-refractivity contribution < 1.29 is 13.2 Å². The molecule has 0 spiro atoms. The van der Waals surface area contributed by atoms with Crippen molar-refractivity contribution in [3.8, 4) is 0 Å². The zero-order valence-electron chi connectivity index (χ0n) is 10.4. The summed E-state index contributed by atoms with van der Waals surface area (Å²) in [6.07, 6.45) is -1.48. The first-order valence-corrected chi connectivity index (χ1v) is 5.58. The summed E-state index contributed by atoms with van der Waals surface area (Å²) in [5.74, 6) is -0.468. The van der Waals surface area contributed by atoms with E-state index in [0.29, 0.717) is 5.69 Å². The Labute approximate surface area is 112 Å². The molecule has 20 heavy (non-hydrogen) atoms. The van der Waals surface area contributed by atoms with Crippen molar-refractivity contribution in [2.75, 3.05) is 11.1 Å². The molecule has 106 valence electrons. The molecule has 2 rings (SSSR count). The minimum absolute atomic E-state index is 0.0211. The molecule has 0 unspecified atom stereocenters.